The van der Waals surface area contributed by atoms with Crippen molar-refractivity contribution < 1.29 is 57.0 Å². The van der Waals surface area contributed by atoms with Crippen LogP contribution in [-0.4, -0.2) is 133 Å². The van der Waals surface area contributed by atoms with Gasteiger partial charge in [-0.15, -0.1) is 0 Å². The predicted molar refractivity (Wildman–Crippen MR) is 275 cm³/mol. The van der Waals surface area contributed by atoms with E-state index in [9.17, 15) is 28.8 Å². The van der Waals surface area contributed by atoms with Crippen LogP contribution in [0.15, 0.2) is 54.6 Å². The van der Waals surface area contributed by atoms with Crippen molar-refractivity contribution >= 4 is 76.1 Å². The molecular weight excluding hydrogens is 1020 g/mol. The van der Waals surface area contributed by atoms with Crippen molar-refractivity contribution in [2.45, 2.75) is 125 Å². The van der Waals surface area contributed by atoms with Gasteiger partial charge in [0.2, 0.25) is 29.5 Å². The highest BCUT2D eigenvalue weighted by atomic mass is 35.5. The van der Waals surface area contributed by atoms with Gasteiger partial charge < -0.3 is 35.5 Å². The lowest BCUT2D eigenvalue weighted by atomic mass is 9.55. The summed E-state index contributed by atoms with van der Waals surface area (Å²) in [6, 6.07) is 12.6. The lowest BCUT2D eigenvalue weighted by Crippen LogP contribution is -2.63. The van der Waals surface area contributed by atoms with Gasteiger partial charge in [0, 0.05) is 52.6 Å². The van der Waals surface area contributed by atoms with E-state index >= 15 is 14.0 Å². The van der Waals surface area contributed by atoms with E-state index in [0.717, 1.165) is 24.2 Å². The number of hydrogen-bond acceptors (Lipinski definition) is 12. The fourth-order valence-electron chi connectivity index (χ4n) is 13.9. The lowest BCUT2D eigenvalue weighted by Gasteiger charge is -2.53. The van der Waals surface area contributed by atoms with Crippen LogP contribution in [0.25, 0.3) is 0 Å². The largest absolute Gasteiger partial charge is 0.483 e. The van der Waals surface area contributed by atoms with Gasteiger partial charge in [0.05, 0.1) is 48.6 Å². The van der Waals surface area contributed by atoms with Gasteiger partial charge in [-0.05, 0) is 106 Å². The number of rotatable bonds is 18. The van der Waals surface area contributed by atoms with Gasteiger partial charge in [0.15, 0.2) is 6.61 Å². The Morgan fingerprint density at radius 1 is 0.803 bits per heavy atom. The zero-order chi connectivity index (χ0) is 53.6. The summed E-state index contributed by atoms with van der Waals surface area (Å²) in [6.45, 7) is 3.37. The topological polar surface area (TPSA) is 231 Å². The van der Waals surface area contributed by atoms with Crippen LogP contribution in [-0.2, 0) is 43.7 Å². The minimum absolute atomic E-state index is 0.0116. The fraction of sp³-hybridized carbons (Fsp3) is 0.527. The van der Waals surface area contributed by atoms with Crippen molar-refractivity contribution in [3.8, 4) is 5.75 Å². The van der Waals surface area contributed by atoms with Crippen molar-refractivity contribution in [1.29, 1.82) is 0 Å². The molecule has 11 rings (SSSR count). The molecule has 4 atom stereocenters. The number of nitrogens with zero attached hydrogens (tertiary/aromatic N) is 2. The van der Waals surface area contributed by atoms with Crippen LogP contribution in [0, 0.1) is 11.2 Å². The number of nitrogens with one attached hydrogen (secondary N) is 5. The Hall–Kier alpha value is -5.99. The molecule has 6 fully saturated rings. The smallest absolute Gasteiger partial charge is 0.266 e. The summed E-state index contributed by atoms with van der Waals surface area (Å²) >= 11 is 13.0. The third-order valence-corrected chi connectivity index (χ3v) is 17.9. The number of amides is 8. The van der Waals surface area contributed by atoms with Crippen LogP contribution < -0.4 is 31.3 Å². The van der Waals surface area contributed by atoms with Crippen LogP contribution in [0.5, 0.6) is 5.75 Å². The molecule has 3 aromatic rings. The Morgan fingerprint density at radius 2 is 1.50 bits per heavy atom. The van der Waals surface area contributed by atoms with Crippen LogP contribution in [0.3, 0.4) is 0 Å². The molecule has 3 aromatic carbocycles. The maximum Gasteiger partial charge on any atom is 0.266 e. The molecular formula is C55H62Cl2FN7O11. The number of anilines is 1. The number of carbonyl (C=O) groups excluding carboxylic acids is 8. The fourth-order valence-corrected chi connectivity index (χ4v) is 14.3. The second-order valence-corrected chi connectivity index (χ2v) is 22.0. The quantitative estimate of drug-likeness (QED) is 0.0790. The SMILES string of the molecule is CCN1[C@@H](C(=O)NC23CCC(C(=O)NCCOCCOCCNC(=O)COc4cccc5c4C(=O)N(C4CCC(=O)NC4=O)C5=O)(CC2)CC3)[C@H](c2cccc(Cl)c2F)[C@]2(C(=O)Nc3cc(Cl)ccc32)C12CCCCC2. The number of likely N-dealkylation sites (tertiary alicyclic amines) is 1. The highest BCUT2D eigenvalue weighted by Crippen LogP contribution is 2.67. The summed E-state index contributed by atoms with van der Waals surface area (Å²) in [5.74, 6) is -5.24. The molecule has 5 N–H and O–H groups in total. The first-order chi connectivity index (χ1) is 36.6. The third kappa shape index (κ3) is 9.12. The average molecular weight is 1090 g/mol. The number of carbonyl (C=O) groups is 8. The molecule has 4 aliphatic carbocycles. The van der Waals surface area contributed by atoms with Gasteiger partial charge in [-0.2, -0.15) is 0 Å². The van der Waals surface area contributed by atoms with Crippen molar-refractivity contribution in [2.24, 2.45) is 5.41 Å². The molecule has 1 unspecified atom stereocenters. The van der Waals surface area contributed by atoms with E-state index in [2.05, 4.69) is 31.5 Å². The van der Waals surface area contributed by atoms with Gasteiger partial charge in [0.25, 0.3) is 17.7 Å². The summed E-state index contributed by atoms with van der Waals surface area (Å²) in [5.41, 5.74) is -1.79. The van der Waals surface area contributed by atoms with Crippen molar-refractivity contribution in [2.75, 3.05) is 58.0 Å². The van der Waals surface area contributed by atoms with E-state index in [1.807, 2.05) is 13.0 Å². The summed E-state index contributed by atoms with van der Waals surface area (Å²) in [5, 5.41) is 14.9. The molecule has 4 heterocycles. The summed E-state index contributed by atoms with van der Waals surface area (Å²) < 4.78 is 33.6. The van der Waals surface area contributed by atoms with Gasteiger partial charge in [-0.1, -0.05) is 73.7 Å². The third-order valence-electron chi connectivity index (χ3n) is 17.4. The molecule has 2 saturated heterocycles. The van der Waals surface area contributed by atoms with Crippen molar-refractivity contribution in [3.63, 3.8) is 0 Å². The molecule has 0 aromatic heterocycles. The zero-order valence-electron chi connectivity index (χ0n) is 42.3. The van der Waals surface area contributed by atoms with Gasteiger partial charge in [-0.3, -0.25) is 53.5 Å². The summed E-state index contributed by atoms with van der Waals surface area (Å²) in [6.07, 6.45) is 7.48. The number of piperidine rings is 1. The van der Waals surface area contributed by atoms with Crippen LogP contribution in [0.2, 0.25) is 10.0 Å². The number of likely N-dealkylation sites (N-methyl/N-ethyl adjacent to an activating group) is 1. The predicted octanol–water partition coefficient (Wildman–Crippen LogP) is 5.47. The second-order valence-electron chi connectivity index (χ2n) is 21.2. The van der Waals surface area contributed by atoms with Crippen molar-refractivity contribution in [3.05, 3.63) is 92.7 Å². The zero-order valence-corrected chi connectivity index (χ0v) is 43.8. The Morgan fingerprint density at radius 3 is 2.20 bits per heavy atom. The first kappa shape index (κ1) is 53.4. The molecule has 8 amide bonds. The molecule has 76 heavy (non-hydrogen) atoms. The molecule has 8 aliphatic rings. The van der Waals surface area contributed by atoms with Crippen LogP contribution in [0.1, 0.15) is 128 Å². The molecule has 4 saturated carbocycles. The number of fused-ring (bicyclic) bond motifs is 7. The summed E-state index contributed by atoms with van der Waals surface area (Å²) in [7, 11) is 0. The summed E-state index contributed by atoms with van der Waals surface area (Å²) in [4.78, 5) is 110. The van der Waals surface area contributed by atoms with E-state index in [-0.39, 0.29) is 91.0 Å². The van der Waals surface area contributed by atoms with Gasteiger partial charge >= 0.3 is 0 Å². The van der Waals surface area contributed by atoms with E-state index in [0.29, 0.717) is 80.7 Å². The Labute approximate surface area is 449 Å². The molecule has 18 nitrogen and oxygen atoms in total. The van der Waals surface area contributed by atoms with E-state index < -0.39 is 81.9 Å². The first-order valence-corrected chi connectivity index (χ1v) is 27.2. The first-order valence-electron chi connectivity index (χ1n) is 26.4. The Bertz CT molecular complexity index is 2860. The molecule has 4 aliphatic heterocycles. The van der Waals surface area contributed by atoms with E-state index in [4.69, 9.17) is 37.4 Å². The van der Waals surface area contributed by atoms with Crippen LogP contribution in [0.4, 0.5) is 10.1 Å². The Kier molecular flexibility index (Phi) is 15.1. The number of benzene rings is 3. The normalized spacial score (nSPS) is 27.3. The maximum absolute atomic E-state index is 16.7. The monoisotopic (exact) mass is 1090 g/mol. The minimum atomic E-state index is -1.33. The number of ether oxygens (including phenoxy) is 3. The minimum Gasteiger partial charge on any atom is -0.483 e. The standard InChI is InChI=1S/C55H62Cl2FN7O11/c1-2-64-45(43(34-9-6-10-36(57)44(34)58)55(54(64)16-4-3-5-17-54)35-13-12-32(56)30-37(35)61-51(55)73)47(69)63-53-21-18-52(19-22-53,20-23-53)50(72)60-25-27-75-29-28-74-26-24-59-41(67)31-76-39-11-7-8-33-42(39)49(71)65(48(33)70)38-14-15-40(66)62-46(38)68/h6-13,30,38,43,45H,2-5,14-29,31H2,1H3,(H,59,67)(H,60,72)(H,61,73)(H,63,69)(H,62,66,68)/t38?,43-,45+,52?,53?,55+/m0/s1. The number of imide groups is 2. The number of halogens is 3. The molecule has 2 spiro atoms. The van der Waals surface area contributed by atoms with Crippen LogP contribution >= 0.6 is 23.2 Å². The molecule has 2 bridgehead atoms. The average Bonchev–Trinajstić information content (AvgIpc) is 4.02. The molecule has 404 valence electrons. The highest BCUT2D eigenvalue weighted by Gasteiger charge is 2.75. The van der Waals surface area contributed by atoms with E-state index in [1.54, 1.807) is 24.3 Å². The van der Waals surface area contributed by atoms with E-state index in [1.165, 1.54) is 24.3 Å². The van der Waals surface area contributed by atoms with Gasteiger partial charge in [-0.25, -0.2) is 4.39 Å². The van der Waals surface area contributed by atoms with Gasteiger partial charge in [0.1, 0.15) is 23.0 Å². The number of hydrogen-bond donors (Lipinski definition) is 5. The maximum atomic E-state index is 16.7. The molecule has 0 radical (unpaired) electrons. The highest BCUT2D eigenvalue weighted by molar-refractivity contribution is 6.31. The van der Waals surface area contributed by atoms with Crippen molar-refractivity contribution in [1.82, 2.24) is 31.1 Å². The lowest BCUT2D eigenvalue weighted by molar-refractivity contribution is -0.141. The second kappa shape index (κ2) is 21.4. The Balaban J connectivity index is 0.680. The molecule has 21 heteroatoms.